The fraction of sp³-hybridized carbons (Fsp3) is 0.467. The van der Waals surface area contributed by atoms with Gasteiger partial charge < -0.3 is 30.3 Å². The zero-order valence-corrected chi connectivity index (χ0v) is 26.4. The van der Waals surface area contributed by atoms with Crippen molar-refractivity contribution in [3.63, 3.8) is 0 Å². The van der Waals surface area contributed by atoms with Gasteiger partial charge in [0, 0.05) is 23.6 Å². The van der Waals surface area contributed by atoms with Crippen molar-refractivity contribution in [1.82, 2.24) is 10.6 Å². The van der Waals surface area contributed by atoms with Crippen LogP contribution in [0.3, 0.4) is 0 Å². The third kappa shape index (κ3) is 14.0. The number of ether oxygens (including phenoxy) is 2. The Kier molecular flexibility index (Phi) is 13.0. The topological polar surface area (TPSA) is 151 Å². The molecule has 0 saturated carbocycles. The predicted octanol–water partition coefficient (Wildman–Crippen LogP) is 6.04. The summed E-state index contributed by atoms with van der Waals surface area (Å²) in [4.78, 5) is 47.9. The summed E-state index contributed by atoms with van der Waals surface area (Å²) in [5.41, 5.74) is 0.465. The number of hydrogen-bond acceptors (Lipinski definition) is 8. The van der Waals surface area contributed by atoms with Crippen LogP contribution in [0.2, 0.25) is 0 Å². The van der Waals surface area contributed by atoms with E-state index in [2.05, 4.69) is 10.6 Å². The molecule has 0 fully saturated rings. The fourth-order valence-electron chi connectivity index (χ4n) is 3.74. The molecule has 0 aromatic heterocycles. The SMILES string of the molecule is CC(C)(C)OC(=O)NC(CSSCC(Cc1cccc(C(=O)O)c1)NC(=O)OC(C)(C)C)Cc1cccc(C(=O)O)c1. The molecule has 2 rings (SSSR count). The number of rotatable bonds is 13. The Morgan fingerprint density at radius 2 is 1.05 bits per heavy atom. The number of aromatic carboxylic acids is 2. The molecule has 4 N–H and O–H groups in total. The Morgan fingerprint density at radius 3 is 1.36 bits per heavy atom. The van der Waals surface area contributed by atoms with E-state index in [1.165, 1.54) is 33.7 Å². The van der Waals surface area contributed by atoms with Crippen molar-refractivity contribution >= 4 is 45.7 Å². The lowest BCUT2D eigenvalue weighted by Gasteiger charge is -2.25. The zero-order valence-electron chi connectivity index (χ0n) is 24.8. The number of carboxylic acid groups (broad SMARTS) is 2. The second kappa shape index (κ2) is 15.7. The lowest BCUT2D eigenvalue weighted by atomic mass is 10.0. The van der Waals surface area contributed by atoms with E-state index in [9.17, 15) is 29.4 Å². The van der Waals surface area contributed by atoms with Gasteiger partial charge in [-0.15, -0.1) is 0 Å². The lowest BCUT2D eigenvalue weighted by Crippen LogP contribution is -2.42. The minimum Gasteiger partial charge on any atom is -0.478 e. The summed E-state index contributed by atoms with van der Waals surface area (Å²) in [6, 6.07) is 12.4. The molecule has 2 atom stereocenters. The van der Waals surface area contributed by atoms with E-state index in [0.29, 0.717) is 24.3 Å². The molecule has 10 nitrogen and oxygen atoms in total. The number of amides is 2. The largest absolute Gasteiger partial charge is 0.478 e. The summed E-state index contributed by atoms with van der Waals surface area (Å²) in [6.07, 6.45) is -0.379. The molecule has 2 unspecified atom stereocenters. The van der Waals surface area contributed by atoms with E-state index < -0.39 is 35.3 Å². The highest BCUT2D eigenvalue weighted by Gasteiger charge is 2.23. The van der Waals surface area contributed by atoms with Crippen LogP contribution in [0.5, 0.6) is 0 Å². The van der Waals surface area contributed by atoms with Gasteiger partial charge in [0.15, 0.2) is 0 Å². The first kappa shape index (κ1) is 34.8. The molecule has 42 heavy (non-hydrogen) atoms. The van der Waals surface area contributed by atoms with Crippen molar-refractivity contribution in [2.24, 2.45) is 0 Å². The minimum absolute atomic E-state index is 0.161. The number of carboxylic acids is 2. The molecule has 0 aliphatic heterocycles. The molecule has 0 spiro atoms. The van der Waals surface area contributed by atoms with Crippen LogP contribution in [0.15, 0.2) is 48.5 Å². The Hall–Kier alpha value is -3.38. The summed E-state index contributed by atoms with van der Waals surface area (Å²) in [6.45, 7) is 10.6. The third-order valence-electron chi connectivity index (χ3n) is 5.38. The van der Waals surface area contributed by atoms with E-state index in [4.69, 9.17) is 9.47 Å². The van der Waals surface area contributed by atoms with Gasteiger partial charge in [-0.2, -0.15) is 0 Å². The Labute approximate surface area is 254 Å². The number of carbonyl (C=O) groups excluding carboxylic acids is 2. The van der Waals surface area contributed by atoms with Crippen LogP contribution in [0.4, 0.5) is 9.59 Å². The highest BCUT2D eigenvalue weighted by atomic mass is 33.1. The molecule has 0 heterocycles. The monoisotopic (exact) mass is 620 g/mol. The summed E-state index contributed by atoms with van der Waals surface area (Å²) < 4.78 is 10.9. The number of hydrogen-bond donors (Lipinski definition) is 4. The number of benzene rings is 2. The lowest BCUT2D eigenvalue weighted by molar-refractivity contribution is 0.0497. The van der Waals surface area contributed by atoms with Gasteiger partial charge in [0.25, 0.3) is 0 Å². The average molecular weight is 621 g/mol. The van der Waals surface area contributed by atoms with E-state index in [-0.39, 0.29) is 23.2 Å². The third-order valence-corrected chi connectivity index (χ3v) is 7.94. The first-order valence-electron chi connectivity index (χ1n) is 13.4. The van der Waals surface area contributed by atoms with Gasteiger partial charge in [-0.05, 0) is 89.8 Å². The maximum Gasteiger partial charge on any atom is 0.407 e. The van der Waals surface area contributed by atoms with Crippen LogP contribution in [-0.2, 0) is 22.3 Å². The molecule has 230 valence electrons. The van der Waals surface area contributed by atoms with Crippen LogP contribution >= 0.6 is 21.6 Å². The van der Waals surface area contributed by atoms with Gasteiger partial charge in [-0.1, -0.05) is 45.9 Å². The van der Waals surface area contributed by atoms with E-state index in [0.717, 1.165) is 11.1 Å². The first-order valence-corrected chi connectivity index (χ1v) is 15.9. The van der Waals surface area contributed by atoms with Crippen LogP contribution in [-0.4, -0.2) is 69.1 Å². The molecular formula is C30H40N2O8S2. The maximum absolute atomic E-state index is 12.5. The first-order chi connectivity index (χ1) is 19.5. The van der Waals surface area contributed by atoms with Gasteiger partial charge in [0.1, 0.15) is 11.2 Å². The van der Waals surface area contributed by atoms with E-state index >= 15 is 0 Å². The highest BCUT2D eigenvalue weighted by Crippen LogP contribution is 2.26. The Bertz CT molecular complexity index is 1140. The molecule has 0 aliphatic rings. The smallest absolute Gasteiger partial charge is 0.407 e. The second-order valence-electron chi connectivity index (χ2n) is 11.7. The molecule has 0 saturated heterocycles. The summed E-state index contributed by atoms with van der Waals surface area (Å²) in [5.74, 6) is -1.13. The summed E-state index contributed by atoms with van der Waals surface area (Å²) in [7, 11) is 2.96. The standard InChI is InChI=1S/C30H40N2O8S2/c1-29(2,3)39-27(37)31-23(15-19-9-7-11-21(13-19)25(33)34)17-41-42-18-24(32-28(38)40-30(4,5)6)16-20-10-8-12-22(14-20)26(35)36/h7-14,23-24H,15-18H2,1-6H3,(H,31,37)(H,32,38)(H,33,34)(H,35,36). The van der Waals surface area contributed by atoms with E-state index in [1.807, 2.05) is 0 Å². The fourth-order valence-corrected chi connectivity index (χ4v) is 6.23. The molecule has 12 heteroatoms. The molecule has 2 aromatic carbocycles. The maximum atomic E-state index is 12.5. The Morgan fingerprint density at radius 1 is 0.690 bits per heavy atom. The normalized spacial score (nSPS) is 13.0. The minimum atomic E-state index is -1.03. The highest BCUT2D eigenvalue weighted by molar-refractivity contribution is 8.76. The van der Waals surface area contributed by atoms with Crippen LogP contribution in [0, 0.1) is 0 Å². The van der Waals surface area contributed by atoms with Crippen molar-refractivity contribution in [3.8, 4) is 0 Å². The molecule has 2 amide bonds. The van der Waals surface area contributed by atoms with E-state index in [1.54, 1.807) is 77.9 Å². The molecular weight excluding hydrogens is 580 g/mol. The predicted molar refractivity (Wildman–Crippen MR) is 165 cm³/mol. The molecule has 0 aliphatic carbocycles. The van der Waals surface area contributed by atoms with Crippen LogP contribution in [0.25, 0.3) is 0 Å². The van der Waals surface area contributed by atoms with Gasteiger partial charge in [0.2, 0.25) is 0 Å². The quantitative estimate of drug-likeness (QED) is 0.154. The van der Waals surface area contributed by atoms with Gasteiger partial charge in [0.05, 0.1) is 11.1 Å². The summed E-state index contributed by atoms with van der Waals surface area (Å²) in [5, 5.41) is 24.5. The van der Waals surface area contributed by atoms with Crippen molar-refractivity contribution in [3.05, 3.63) is 70.8 Å². The zero-order chi connectivity index (χ0) is 31.5. The summed E-state index contributed by atoms with van der Waals surface area (Å²) >= 11 is 0. The Balaban J connectivity index is 2.11. The average Bonchev–Trinajstić information content (AvgIpc) is 2.84. The van der Waals surface area contributed by atoms with Crippen molar-refractivity contribution in [2.75, 3.05) is 11.5 Å². The number of nitrogens with one attached hydrogen (secondary N) is 2. The number of alkyl carbamates (subject to hydrolysis) is 2. The van der Waals surface area contributed by atoms with Gasteiger partial charge in [-0.3, -0.25) is 0 Å². The number of carbonyl (C=O) groups is 4. The van der Waals surface area contributed by atoms with Crippen LogP contribution in [0.1, 0.15) is 73.4 Å². The van der Waals surface area contributed by atoms with Crippen LogP contribution < -0.4 is 10.6 Å². The second-order valence-corrected chi connectivity index (χ2v) is 14.2. The van der Waals surface area contributed by atoms with Crippen molar-refractivity contribution in [1.29, 1.82) is 0 Å². The van der Waals surface area contributed by atoms with Gasteiger partial charge in [-0.25, -0.2) is 19.2 Å². The molecule has 0 radical (unpaired) electrons. The molecule has 2 aromatic rings. The van der Waals surface area contributed by atoms with Crippen molar-refractivity contribution < 1.29 is 38.9 Å². The van der Waals surface area contributed by atoms with Crippen molar-refractivity contribution in [2.45, 2.75) is 77.7 Å². The van der Waals surface area contributed by atoms with Gasteiger partial charge >= 0.3 is 24.1 Å². The molecule has 0 bridgehead atoms.